The largest absolute Gasteiger partial charge is 0.497 e. The molecule has 0 bridgehead atoms. The van der Waals surface area contributed by atoms with Crippen LogP contribution in [0.25, 0.3) is 10.2 Å². The molecule has 0 spiro atoms. The number of hydrogen-bond donors (Lipinski definition) is 0. The van der Waals surface area contributed by atoms with Crippen LogP contribution in [0.5, 0.6) is 5.75 Å². The second-order valence-corrected chi connectivity index (χ2v) is 8.10. The van der Waals surface area contributed by atoms with Crippen molar-refractivity contribution in [2.24, 2.45) is 0 Å². The zero-order valence-electron chi connectivity index (χ0n) is 16.1. The van der Waals surface area contributed by atoms with Gasteiger partial charge in [0.05, 0.1) is 24.9 Å². The van der Waals surface area contributed by atoms with Gasteiger partial charge in [0, 0.05) is 11.4 Å². The van der Waals surface area contributed by atoms with Crippen LogP contribution in [-0.4, -0.2) is 34.0 Å². The van der Waals surface area contributed by atoms with E-state index in [1.54, 1.807) is 7.11 Å². The number of nitrogens with zero attached hydrogens (tertiary/aromatic N) is 3. The quantitative estimate of drug-likeness (QED) is 0.662. The van der Waals surface area contributed by atoms with Crippen molar-refractivity contribution >= 4 is 27.5 Å². The second-order valence-electron chi connectivity index (χ2n) is 6.98. The first kappa shape index (κ1) is 18.7. The van der Waals surface area contributed by atoms with Gasteiger partial charge in [-0.2, -0.15) is 0 Å². The summed E-state index contributed by atoms with van der Waals surface area (Å²) in [6, 6.07) is 9.76. The summed E-state index contributed by atoms with van der Waals surface area (Å²) >= 11 is 1.53. The molecule has 0 unspecified atom stereocenters. The highest BCUT2D eigenvalue weighted by molar-refractivity contribution is 7.18. The SMILES string of the molecule is CCc1cc2c(=O)n(CC(=O)N3CCC[C@@H]3c3cccc(OC)c3)cnc2s1. The van der Waals surface area contributed by atoms with E-state index in [1.807, 2.05) is 35.2 Å². The lowest BCUT2D eigenvalue weighted by atomic mass is 10.0. The lowest BCUT2D eigenvalue weighted by Gasteiger charge is -2.25. The van der Waals surface area contributed by atoms with Crippen LogP contribution < -0.4 is 10.3 Å². The Labute approximate surface area is 167 Å². The highest BCUT2D eigenvalue weighted by Gasteiger charge is 2.30. The molecule has 1 aromatic carbocycles. The summed E-state index contributed by atoms with van der Waals surface area (Å²) in [4.78, 5) is 33.9. The molecule has 0 aliphatic carbocycles. The van der Waals surface area contributed by atoms with Crippen LogP contribution >= 0.6 is 11.3 Å². The van der Waals surface area contributed by atoms with Gasteiger partial charge in [0.25, 0.3) is 5.56 Å². The number of carbonyl (C=O) groups is 1. The third-order valence-corrected chi connectivity index (χ3v) is 6.46. The van der Waals surface area contributed by atoms with Gasteiger partial charge in [-0.25, -0.2) is 4.98 Å². The maximum Gasteiger partial charge on any atom is 0.262 e. The first-order valence-corrected chi connectivity index (χ1v) is 10.3. The Morgan fingerprint density at radius 3 is 3.00 bits per heavy atom. The molecule has 2 aromatic heterocycles. The highest BCUT2D eigenvalue weighted by atomic mass is 32.1. The average molecular weight is 398 g/mol. The van der Waals surface area contributed by atoms with Gasteiger partial charge in [-0.05, 0) is 43.0 Å². The van der Waals surface area contributed by atoms with Crippen LogP contribution in [0.1, 0.15) is 36.2 Å². The topological polar surface area (TPSA) is 64.4 Å². The maximum absolute atomic E-state index is 13.0. The summed E-state index contributed by atoms with van der Waals surface area (Å²) in [5.74, 6) is 0.728. The number of amides is 1. The minimum atomic E-state index is -0.147. The van der Waals surface area contributed by atoms with Gasteiger partial charge in [-0.15, -0.1) is 11.3 Å². The van der Waals surface area contributed by atoms with E-state index in [-0.39, 0.29) is 24.1 Å². The van der Waals surface area contributed by atoms with Crippen LogP contribution in [0.3, 0.4) is 0 Å². The number of thiophene rings is 1. The maximum atomic E-state index is 13.0. The fourth-order valence-corrected chi connectivity index (χ4v) is 4.72. The van der Waals surface area contributed by atoms with Gasteiger partial charge < -0.3 is 9.64 Å². The van der Waals surface area contributed by atoms with Crippen molar-refractivity contribution < 1.29 is 9.53 Å². The minimum Gasteiger partial charge on any atom is -0.497 e. The second kappa shape index (κ2) is 7.75. The van der Waals surface area contributed by atoms with Crippen LogP contribution in [0.4, 0.5) is 0 Å². The molecule has 1 saturated heterocycles. The van der Waals surface area contributed by atoms with E-state index in [0.29, 0.717) is 11.9 Å². The molecule has 0 saturated carbocycles. The van der Waals surface area contributed by atoms with E-state index in [4.69, 9.17) is 4.74 Å². The summed E-state index contributed by atoms with van der Waals surface area (Å²) in [6.45, 7) is 2.77. The Morgan fingerprint density at radius 2 is 2.21 bits per heavy atom. The molecule has 1 fully saturated rings. The molecule has 0 radical (unpaired) electrons. The van der Waals surface area contributed by atoms with E-state index < -0.39 is 0 Å². The van der Waals surface area contributed by atoms with Gasteiger partial charge in [-0.3, -0.25) is 14.2 Å². The number of fused-ring (bicyclic) bond motifs is 1. The number of rotatable bonds is 5. The third kappa shape index (κ3) is 3.42. The van der Waals surface area contributed by atoms with E-state index in [0.717, 1.165) is 40.3 Å². The van der Waals surface area contributed by atoms with Crippen LogP contribution in [-0.2, 0) is 17.8 Å². The van der Waals surface area contributed by atoms with E-state index in [9.17, 15) is 9.59 Å². The molecule has 1 aliphatic rings. The lowest BCUT2D eigenvalue weighted by Crippen LogP contribution is -2.36. The monoisotopic (exact) mass is 397 g/mol. The smallest absolute Gasteiger partial charge is 0.262 e. The summed E-state index contributed by atoms with van der Waals surface area (Å²) in [5.41, 5.74) is 0.919. The third-order valence-electron chi connectivity index (χ3n) is 5.27. The molecule has 3 heterocycles. The molecule has 1 aliphatic heterocycles. The standard InChI is InChI=1S/C21H23N3O3S/c1-3-16-11-17-20(28-16)22-13-23(21(17)26)12-19(25)24-9-5-8-18(24)14-6-4-7-15(10-14)27-2/h4,6-7,10-11,13,18H,3,5,8-9,12H2,1-2H3/t18-/m1/s1. The molecule has 28 heavy (non-hydrogen) atoms. The number of aryl methyl sites for hydroxylation is 1. The van der Waals surface area contributed by atoms with Crippen molar-refractivity contribution in [1.82, 2.24) is 14.5 Å². The fourth-order valence-electron chi connectivity index (χ4n) is 3.79. The molecule has 4 rings (SSSR count). The van der Waals surface area contributed by atoms with Crippen molar-refractivity contribution in [2.75, 3.05) is 13.7 Å². The Hall–Kier alpha value is -2.67. The molecule has 0 N–H and O–H groups in total. The van der Waals surface area contributed by atoms with Gasteiger partial charge in [0.2, 0.25) is 5.91 Å². The summed E-state index contributed by atoms with van der Waals surface area (Å²) in [6.07, 6.45) is 4.23. The molecule has 1 atom stereocenters. The Bertz CT molecular complexity index is 1070. The summed E-state index contributed by atoms with van der Waals surface area (Å²) < 4.78 is 6.75. The van der Waals surface area contributed by atoms with Crippen molar-refractivity contribution in [3.63, 3.8) is 0 Å². The minimum absolute atomic E-state index is 0.0134. The van der Waals surface area contributed by atoms with Crippen LogP contribution in [0.2, 0.25) is 0 Å². The van der Waals surface area contributed by atoms with Crippen molar-refractivity contribution in [1.29, 1.82) is 0 Å². The Balaban J connectivity index is 1.58. The average Bonchev–Trinajstić information content (AvgIpc) is 3.37. The predicted octanol–water partition coefficient (Wildman–Crippen LogP) is 3.39. The number of hydrogen-bond acceptors (Lipinski definition) is 5. The van der Waals surface area contributed by atoms with Crippen molar-refractivity contribution in [2.45, 2.75) is 38.8 Å². The number of methoxy groups -OCH3 is 1. The Morgan fingerprint density at radius 1 is 1.36 bits per heavy atom. The molecular formula is C21H23N3O3S. The summed E-state index contributed by atoms with van der Waals surface area (Å²) in [5, 5.41) is 0.600. The number of carbonyl (C=O) groups excluding carboxylic acids is 1. The first-order chi connectivity index (χ1) is 13.6. The number of aromatic nitrogens is 2. The molecule has 6 nitrogen and oxygen atoms in total. The first-order valence-electron chi connectivity index (χ1n) is 9.52. The number of ether oxygens (including phenoxy) is 1. The van der Waals surface area contributed by atoms with Crippen LogP contribution in [0.15, 0.2) is 41.5 Å². The molecule has 1 amide bonds. The van der Waals surface area contributed by atoms with Gasteiger partial charge in [0.15, 0.2) is 0 Å². The van der Waals surface area contributed by atoms with Gasteiger partial charge in [0.1, 0.15) is 17.1 Å². The number of benzene rings is 1. The molecule has 3 aromatic rings. The van der Waals surface area contributed by atoms with Crippen LogP contribution in [0, 0.1) is 0 Å². The van der Waals surface area contributed by atoms with E-state index >= 15 is 0 Å². The van der Waals surface area contributed by atoms with E-state index in [2.05, 4.69) is 11.9 Å². The fraction of sp³-hybridized carbons (Fsp3) is 0.381. The molecular weight excluding hydrogens is 374 g/mol. The van der Waals surface area contributed by atoms with E-state index in [1.165, 1.54) is 22.2 Å². The van der Waals surface area contributed by atoms with Gasteiger partial charge in [-0.1, -0.05) is 19.1 Å². The zero-order valence-corrected chi connectivity index (χ0v) is 16.9. The van der Waals surface area contributed by atoms with Gasteiger partial charge >= 0.3 is 0 Å². The number of likely N-dealkylation sites (tertiary alicyclic amines) is 1. The predicted molar refractivity (Wildman–Crippen MR) is 110 cm³/mol. The zero-order chi connectivity index (χ0) is 19.7. The Kier molecular flexibility index (Phi) is 5.17. The summed E-state index contributed by atoms with van der Waals surface area (Å²) in [7, 11) is 1.64. The highest BCUT2D eigenvalue weighted by Crippen LogP contribution is 2.33. The normalized spacial score (nSPS) is 16.6. The molecule has 146 valence electrons. The van der Waals surface area contributed by atoms with Crippen molar-refractivity contribution in [3.8, 4) is 5.75 Å². The molecule has 7 heteroatoms. The van der Waals surface area contributed by atoms with Crippen molar-refractivity contribution in [3.05, 3.63) is 57.5 Å². The lowest BCUT2D eigenvalue weighted by molar-refractivity contribution is -0.132.